The molecule has 0 saturated carbocycles. The number of pyridine rings is 1. The summed E-state index contributed by atoms with van der Waals surface area (Å²) in [6.07, 6.45) is 1.12. The summed E-state index contributed by atoms with van der Waals surface area (Å²) in [4.78, 5) is 24.5. The highest BCUT2D eigenvalue weighted by Gasteiger charge is 2.12. The Kier molecular flexibility index (Phi) is 3.76. The van der Waals surface area contributed by atoms with Gasteiger partial charge in [-0.2, -0.15) is 0 Å². The summed E-state index contributed by atoms with van der Waals surface area (Å²) in [6, 6.07) is 1.27. The van der Waals surface area contributed by atoms with Crippen molar-refractivity contribution in [1.82, 2.24) is 10.3 Å². The summed E-state index contributed by atoms with van der Waals surface area (Å²) < 4.78 is 4.95. The highest BCUT2D eigenvalue weighted by molar-refractivity contribution is 5.72. The molecule has 1 rings (SSSR count). The molecular formula is C9H11N3O4. The first-order chi connectivity index (χ1) is 7.54. The van der Waals surface area contributed by atoms with E-state index in [4.69, 9.17) is 4.74 Å². The molecule has 0 unspecified atom stereocenters. The van der Waals surface area contributed by atoms with Gasteiger partial charge in [0.05, 0.1) is 24.6 Å². The maximum atomic E-state index is 10.7. The van der Waals surface area contributed by atoms with Crippen LogP contribution in [0, 0.1) is 10.1 Å². The standard InChI is InChI=1S/C9H11N3O4/c1-6(13)10-5-8-9(16-2)3-7(4-11-8)12(14)15/h3-4H,5H2,1-2H3,(H,10,13). The van der Waals surface area contributed by atoms with Crippen LogP contribution in [0.3, 0.4) is 0 Å². The van der Waals surface area contributed by atoms with Gasteiger partial charge in [-0.15, -0.1) is 0 Å². The Morgan fingerprint density at radius 1 is 1.69 bits per heavy atom. The molecule has 0 aliphatic rings. The van der Waals surface area contributed by atoms with Crippen LogP contribution in [0.25, 0.3) is 0 Å². The van der Waals surface area contributed by atoms with Gasteiger partial charge in [0.1, 0.15) is 17.6 Å². The molecule has 0 aliphatic heterocycles. The lowest BCUT2D eigenvalue weighted by Gasteiger charge is -2.07. The van der Waals surface area contributed by atoms with Crippen molar-refractivity contribution in [1.29, 1.82) is 0 Å². The maximum absolute atomic E-state index is 10.7. The Hall–Kier alpha value is -2.18. The molecule has 86 valence electrons. The summed E-state index contributed by atoms with van der Waals surface area (Å²) in [5.74, 6) is 0.0742. The van der Waals surface area contributed by atoms with Crippen molar-refractivity contribution >= 4 is 11.6 Å². The first-order valence-corrected chi connectivity index (χ1v) is 4.46. The van der Waals surface area contributed by atoms with Crippen molar-refractivity contribution < 1.29 is 14.5 Å². The maximum Gasteiger partial charge on any atom is 0.291 e. The Morgan fingerprint density at radius 3 is 2.88 bits per heavy atom. The second-order valence-corrected chi connectivity index (χ2v) is 3.01. The van der Waals surface area contributed by atoms with E-state index in [0.717, 1.165) is 6.20 Å². The second-order valence-electron chi connectivity index (χ2n) is 3.01. The molecule has 7 heteroatoms. The summed E-state index contributed by atoms with van der Waals surface area (Å²) in [5.41, 5.74) is 0.298. The molecule has 0 saturated heterocycles. The number of hydrogen-bond acceptors (Lipinski definition) is 5. The molecule has 0 aromatic carbocycles. The molecule has 1 amide bonds. The third-order valence-electron chi connectivity index (χ3n) is 1.85. The monoisotopic (exact) mass is 225 g/mol. The first-order valence-electron chi connectivity index (χ1n) is 4.46. The molecule has 0 aliphatic carbocycles. The Balaban J connectivity index is 2.93. The number of hydrogen-bond donors (Lipinski definition) is 1. The summed E-state index contributed by atoms with van der Waals surface area (Å²) in [6.45, 7) is 1.55. The number of nitro groups is 1. The number of nitrogens with one attached hydrogen (secondary N) is 1. The molecule has 16 heavy (non-hydrogen) atoms. The molecule has 1 aromatic rings. The minimum atomic E-state index is -0.558. The van der Waals surface area contributed by atoms with Gasteiger partial charge < -0.3 is 10.1 Å². The molecular weight excluding hydrogens is 214 g/mol. The van der Waals surface area contributed by atoms with Gasteiger partial charge in [0, 0.05) is 6.92 Å². The minimum absolute atomic E-state index is 0.150. The van der Waals surface area contributed by atoms with Crippen LogP contribution < -0.4 is 10.1 Å². The van der Waals surface area contributed by atoms with E-state index in [2.05, 4.69) is 10.3 Å². The van der Waals surface area contributed by atoms with Crippen LogP contribution in [0.1, 0.15) is 12.6 Å². The van der Waals surface area contributed by atoms with Gasteiger partial charge in [0.2, 0.25) is 5.91 Å². The van der Waals surface area contributed by atoms with Crippen molar-refractivity contribution in [3.05, 3.63) is 28.1 Å². The smallest absolute Gasteiger partial charge is 0.291 e. The zero-order valence-electron chi connectivity index (χ0n) is 8.89. The van der Waals surface area contributed by atoms with E-state index in [1.54, 1.807) is 0 Å². The average molecular weight is 225 g/mol. The zero-order valence-corrected chi connectivity index (χ0v) is 8.89. The summed E-state index contributed by atoms with van der Waals surface area (Å²) in [7, 11) is 1.39. The lowest BCUT2D eigenvalue weighted by atomic mass is 10.3. The number of ether oxygens (including phenoxy) is 1. The van der Waals surface area contributed by atoms with Gasteiger partial charge in [-0.05, 0) is 0 Å². The predicted octanol–water partition coefficient (Wildman–Crippen LogP) is 0.634. The van der Waals surface area contributed by atoms with E-state index in [1.165, 1.54) is 20.1 Å². The van der Waals surface area contributed by atoms with Gasteiger partial charge in [0.15, 0.2) is 0 Å². The lowest BCUT2D eigenvalue weighted by Crippen LogP contribution is -2.20. The quantitative estimate of drug-likeness (QED) is 0.599. The van der Waals surface area contributed by atoms with Crippen LogP contribution in [0.2, 0.25) is 0 Å². The van der Waals surface area contributed by atoms with Crippen molar-refractivity contribution in [2.45, 2.75) is 13.5 Å². The van der Waals surface area contributed by atoms with E-state index >= 15 is 0 Å². The van der Waals surface area contributed by atoms with Gasteiger partial charge in [-0.25, -0.2) is 4.98 Å². The van der Waals surface area contributed by atoms with E-state index in [1.807, 2.05) is 0 Å². The predicted molar refractivity (Wildman–Crippen MR) is 55.0 cm³/mol. The number of methoxy groups -OCH3 is 1. The van der Waals surface area contributed by atoms with Crippen LogP contribution in [0.5, 0.6) is 5.75 Å². The number of aromatic nitrogens is 1. The molecule has 7 nitrogen and oxygen atoms in total. The van der Waals surface area contributed by atoms with Crippen LogP contribution in [-0.4, -0.2) is 22.9 Å². The Morgan fingerprint density at radius 2 is 2.38 bits per heavy atom. The van der Waals surface area contributed by atoms with Crippen molar-refractivity contribution in [2.24, 2.45) is 0 Å². The molecule has 0 spiro atoms. The van der Waals surface area contributed by atoms with Crippen molar-refractivity contribution in [2.75, 3.05) is 7.11 Å². The van der Waals surface area contributed by atoms with E-state index in [9.17, 15) is 14.9 Å². The fourth-order valence-corrected chi connectivity index (χ4v) is 1.08. The van der Waals surface area contributed by atoms with Crippen LogP contribution in [0.15, 0.2) is 12.3 Å². The van der Waals surface area contributed by atoms with E-state index in [0.29, 0.717) is 5.69 Å². The van der Waals surface area contributed by atoms with Crippen LogP contribution >= 0.6 is 0 Å². The first kappa shape index (κ1) is 11.9. The number of amides is 1. The van der Waals surface area contributed by atoms with Crippen molar-refractivity contribution in [3.63, 3.8) is 0 Å². The third-order valence-corrected chi connectivity index (χ3v) is 1.85. The molecule has 0 bridgehead atoms. The summed E-state index contributed by atoms with van der Waals surface area (Å²) >= 11 is 0. The Labute approximate surface area is 91.6 Å². The molecule has 0 radical (unpaired) electrons. The van der Waals surface area contributed by atoms with Gasteiger partial charge in [0.25, 0.3) is 5.69 Å². The van der Waals surface area contributed by atoms with E-state index in [-0.39, 0.29) is 23.9 Å². The fourth-order valence-electron chi connectivity index (χ4n) is 1.08. The molecule has 1 heterocycles. The number of carbonyl (C=O) groups excluding carboxylic acids is 1. The molecule has 0 atom stereocenters. The SMILES string of the molecule is COc1cc([N+](=O)[O-])cnc1CNC(C)=O. The lowest BCUT2D eigenvalue weighted by molar-refractivity contribution is -0.385. The number of rotatable bonds is 4. The van der Waals surface area contributed by atoms with E-state index < -0.39 is 4.92 Å². The highest BCUT2D eigenvalue weighted by atomic mass is 16.6. The number of carbonyl (C=O) groups is 1. The average Bonchev–Trinajstić information content (AvgIpc) is 2.25. The Bertz CT molecular complexity index is 419. The second kappa shape index (κ2) is 5.06. The minimum Gasteiger partial charge on any atom is -0.495 e. The topological polar surface area (TPSA) is 94.4 Å². The van der Waals surface area contributed by atoms with Gasteiger partial charge in [-0.1, -0.05) is 0 Å². The molecule has 0 fully saturated rings. The number of nitrogens with zero attached hydrogens (tertiary/aromatic N) is 2. The largest absolute Gasteiger partial charge is 0.495 e. The van der Waals surface area contributed by atoms with Crippen molar-refractivity contribution in [3.8, 4) is 5.75 Å². The molecule has 1 N–H and O–H groups in total. The van der Waals surface area contributed by atoms with Gasteiger partial charge >= 0.3 is 0 Å². The summed E-state index contributed by atoms with van der Waals surface area (Å²) in [5, 5.41) is 13.0. The van der Waals surface area contributed by atoms with Gasteiger partial charge in [-0.3, -0.25) is 14.9 Å². The third kappa shape index (κ3) is 2.91. The molecule has 1 aromatic heterocycles. The normalized spacial score (nSPS) is 9.62. The zero-order chi connectivity index (χ0) is 12.1. The fraction of sp³-hybridized carbons (Fsp3) is 0.333. The van der Waals surface area contributed by atoms with Crippen LogP contribution in [-0.2, 0) is 11.3 Å². The highest BCUT2D eigenvalue weighted by Crippen LogP contribution is 2.21. The van der Waals surface area contributed by atoms with Crippen LogP contribution in [0.4, 0.5) is 5.69 Å².